The first-order chi connectivity index (χ1) is 12.0. The molecule has 0 unspecified atom stereocenters. The summed E-state index contributed by atoms with van der Waals surface area (Å²) in [5.74, 6) is -0.596. The second kappa shape index (κ2) is 7.19. The van der Waals surface area contributed by atoms with Gasteiger partial charge < -0.3 is 4.52 Å². The van der Waals surface area contributed by atoms with Crippen LogP contribution >= 0.6 is 11.6 Å². The van der Waals surface area contributed by atoms with E-state index in [1.54, 1.807) is 36.4 Å². The number of hydrogen-bond donors (Lipinski definition) is 2. The molecule has 3 rings (SSSR count). The number of nitrogens with one attached hydrogen (secondary N) is 2. The van der Waals surface area contributed by atoms with Gasteiger partial charge in [0.1, 0.15) is 0 Å². The predicted molar refractivity (Wildman–Crippen MR) is 93.1 cm³/mol. The lowest BCUT2D eigenvalue weighted by Crippen LogP contribution is -2.42. The fourth-order valence-electron chi connectivity index (χ4n) is 2.23. The standard InChI is InChI=1S/C18H14ClN3O3/c1-11-5-2-3-8-14(11)17(23)20-21-18(24)15-10-16(25-22-15)12-6-4-7-13(19)9-12/h2-10H,1H3,(H,20,23)(H,21,24). The van der Waals surface area contributed by atoms with Crippen LogP contribution in [0.25, 0.3) is 11.3 Å². The quantitative estimate of drug-likeness (QED) is 0.705. The average Bonchev–Trinajstić information content (AvgIpc) is 3.10. The first-order valence-corrected chi connectivity index (χ1v) is 7.81. The van der Waals surface area contributed by atoms with Gasteiger partial charge in [-0.2, -0.15) is 0 Å². The SMILES string of the molecule is Cc1ccccc1C(=O)NNC(=O)c1cc(-c2cccc(Cl)c2)on1. The Labute approximate surface area is 148 Å². The summed E-state index contributed by atoms with van der Waals surface area (Å²) >= 11 is 5.93. The Morgan fingerprint density at radius 1 is 1.00 bits per heavy atom. The van der Waals surface area contributed by atoms with E-state index in [9.17, 15) is 9.59 Å². The van der Waals surface area contributed by atoms with Gasteiger partial charge in [-0.05, 0) is 30.7 Å². The topological polar surface area (TPSA) is 84.2 Å². The second-order valence-corrected chi connectivity index (χ2v) is 5.75. The zero-order chi connectivity index (χ0) is 17.8. The van der Waals surface area contributed by atoms with Crippen molar-refractivity contribution in [3.8, 4) is 11.3 Å². The van der Waals surface area contributed by atoms with Crippen molar-refractivity contribution in [1.29, 1.82) is 0 Å². The van der Waals surface area contributed by atoms with Crippen molar-refractivity contribution in [3.63, 3.8) is 0 Å². The highest BCUT2D eigenvalue weighted by atomic mass is 35.5. The van der Waals surface area contributed by atoms with Crippen LogP contribution < -0.4 is 10.9 Å². The van der Waals surface area contributed by atoms with Crippen LogP contribution in [0.2, 0.25) is 5.02 Å². The van der Waals surface area contributed by atoms with E-state index in [2.05, 4.69) is 16.0 Å². The third-order valence-corrected chi connectivity index (χ3v) is 3.77. The van der Waals surface area contributed by atoms with Crippen LogP contribution in [0, 0.1) is 6.92 Å². The summed E-state index contributed by atoms with van der Waals surface area (Å²) in [6.45, 7) is 1.81. The smallest absolute Gasteiger partial charge is 0.291 e. The van der Waals surface area contributed by atoms with E-state index in [1.165, 1.54) is 6.07 Å². The van der Waals surface area contributed by atoms with Gasteiger partial charge in [-0.15, -0.1) is 0 Å². The molecule has 2 N–H and O–H groups in total. The highest BCUT2D eigenvalue weighted by Gasteiger charge is 2.15. The van der Waals surface area contributed by atoms with E-state index in [4.69, 9.17) is 16.1 Å². The molecule has 0 atom stereocenters. The van der Waals surface area contributed by atoms with Crippen LogP contribution in [0.15, 0.2) is 59.1 Å². The number of hydrogen-bond acceptors (Lipinski definition) is 4. The van der Waals surface area contributed by atoms with E-state index in [0.717, 1.165) is 5.56 Å². The average molecular weight is 356 g/mol. The Hall–Kier alpha value is -3.12. The van der Waals surface area contributed by atoms with Crippen molar-refractivity contribution < 1.29 is 14.1 Å². The molecular weight excluding hydrogens is 342 g/mol. The van der Waals surface area contributed by atoms with Crippen LogP contribution in [0.3, 0.4) is 0 Å². The van der Waals surface area contributed by atoms with Gasteiger partial charge in [-0.3, -0.25) is 20.4 Å². The largest absolute Gasteiger partial charge is 0.355 e. The number of halogens is 1. The summed E-state index contributed by atoms with van der Waals surface area (Å²) in [5, 5.41) is 4.26. The first-order valence-electron chi connectivity index (χ1n) is 7.43. The number of hydrazine groups is 1. The van der Waals surface area contributed by atoms with Crippen LogP contribution in [0.5, 0.6) is 0 Å². The molecule has 0 bridgehead atoms. The maximum Gasteiger partial charge on any atom is 0.291 e. The Morgan fingerprint density at radius 3 is 2.52 bits per heavy atom. The van der Waals surface area contributed by atoms with Crippen LogP contribution in [-0.4, -0.2) is 17.0 Å². The number of rotatable bonds is 3. The molecule has 0 fully saturated rings. The third kappa shape index (κ3) is 3.87. The molecule has 2 amide bonds. The Morgan fingerprint density at radius 2 is 1.76 bits per heavy atom. The molecular formula is C18H14ClN3O3. The van der Waals surface area contributed by atoms with Crippen molar-refractivity contribution in [2.45, 2.75) is 6.92 Å². The summed E-state index contributed by atoms with van der Waals surface area (Å²) in [6.07, 6.45) is 0. The fourth-order valence-corrected chi connectivity index (χ4v) is 2.42. The lowest BCUT2D eigenvalue weighted by atomic mass is 10.1. The zero-order valence-electron chi connectivity index (χ0n) is 13.2. The fraction of sp³-hybridized carbons (Fsp3) is 0.0556. The molecule has 7 heteroatoms. The summed E-state index contributed by atoms with van der Waals surface area (Å²) in [7, 11) is 0. The maximum absolute atomic E-state index is 12.1. The minimum absolute atomic E-state index is 0.0417. The van der Waals surface area contributed by atoms with Crippen LogP contribution in [-0.2, 0) is 0 Å². The van der Waals surface area contributed by atoms with Crippen molar-refractivity contribution in [1.82, 2.24) is 16.0 Å². The number of aryl methyl sites for hydroxylation is 1. The molecule has 0 radical (unpaired) electrons. The van der Waals surface area contributed by atoms with E-state index in [0.29, 0.717) is 21.9 Å². The molecule has 0 aliphatic rings. The van der Waals surface area contributed by atoms with Gasteiger partial charge in [0.2, 0.25) is 0 Å². The van der Waals surface area contributed by atoms with E-state index < -0.39 is 11.8 Å². The Bertz CT molecular complexity index is 937. The molecule has 0 aliphatic carbocycles. The van der Waals surface area contributed by atoms with Crippen molar-refractivity contribution in [2.24, 2.45) is 0 Å². The summed E-state index contributed by atoms with van der Waals surface area (Å²) in [6, 6.07) is 15.5. The number of aromatic nitrogens is 1. The molecule has 0 saturated carbocycles. The van der Waals surface area contributed by atoms with Gasteiger partial charge in [0.15, 0.2) is 11.5 Å². The normalized spacial score (nSPS) is 10.3. The number of carbonyl (C=O) groups is 2. The Balaban J connectivity index is 1.66. The third-order valence-electron chi connectivity index (χ3n) is 3.53. The van der Waals surface area contributed by atoms with Gasteiger partial charge in [0.25, 0.3) is 11.8 Å². The van der Waals surface area contributed by atoms with Crippen molar-refractivity contribution in [3.05, 3.63) is 76.4 Å². The van der Waals surface area contributed by atoms with Gasteiger partial charge in [0, 0.05) is 22.2 Å². The molecule has 2 aromatic carbocycles. The van der Waals surface area contributed by atoms with Crippen LogP contribution in [0.4, 0.5) is 0 Å². The highest BCUT2D eigenvalue weighted by molar-refractivity contribution is 6.30. The van der Waals surface area contributed by atoms with Gasteiger partial charge >= 0.3 is 0 Å². The van der Waals surface area contributed by atoms with Crippen LogP contribution in [0.1, 0.15) is 26.4 Å². The summed E-state index contributed by atoms with van der Waals surface area (Å²) in [4.78, 5) is 24.2. The highest BCUT2D eigenvalue weighted by Crippen LogP contribution is 2.23. The lowest BCUT2D eigenvalue weighted by molar-refractivity contribution is 0.0841. The van der Waals surface area contributed by atoms with Gasteiger partial charge in [-0.25, -0.2) is 0 Å². The molecule has 6 nitrogen and oxygen atoms in total. The zero-order valence-corrected chi connectivity index (χ0v) is 14.0. The summed E-state index contributed by atoms with van der Waals surface area (Å²) in [5.41, 5.74) is 6.69. The molecule has 0 saturated heterocycles. The van der Waals surface area contributed by atoms with Crippen molar-refractivity contribution in [2.75, 3.05) is 0 Å². The number of carbonyl (C=O) groups excluding carboxylic acids is 2. The first kappa shape index (κ1) is 16.7. The number of benzene rings is 2. The molecule has 0 spiro atoms. The number of nitrogens with zero attached hydrogens (tertiary/aromatic N) is 1. The number of amides is 2. The minimum Gasteiger partial charge on any atom is -0.355 e. The molecule has 0 aliphatic heterocycles. The van der Waals surface area contributed by atoms with E-state index in [1.807, 2.05) is 19.1 Å². The maximum atomic E-state index is 12.1. The molecule has 3 aromatic rings. The molecule has 1 aromatic heterocycles. The second-order valence-electron chi connectivity index (χ2n) is 5.31. The lowest BCUT2D eigenvalue weighted by Gasteiger charge is -2.07. The molecule has 1 heterocycles. The molecule has 126 valence electrons. The van der Waals surface area contributed by atoms with Gasteiger partial charge in [0.05, 0.1) is 0 Å². The predicted octanol–water partition coefficient (Wildman–Crippen LogP) is 3.38. The summed E-state index contributed by atoms with van der Waals surface area (Å²) < 4.78 is 5.16. The monoisotopic (exact) mass is 355 g/mol. The molecule has 25 heavy (non-hydrogen) atoms. The van der Waals surface area contributed by atoms with Gasteiger partial charge in [-0.1, -0.05) is 47.1 Å². The van der Waals surface area contributed by atoms with Crippen molar-refractivity contribution >= 4 is 23.4 Å². The minimum atomic E-state index is -0.584. The van der Waals surface area contributed by atoms with E-state index in [-0.39, 0.29) is 5.69 Å². The Kier molecular flexibility index (Phi) is 4.81. The van der Waals surface area contributed by atoms with E-state index >= 15 is 0 Å².